The van der Waals surface area contributed by atoms with Crippen molar-refractivity contribution < 1.29 is 9.05 Å². The van der Waals surface area contributed by atoms with Crippen molar-refractivity contribution in [1.29, 1.82) is 0 Å². The quantitative estimate of drug-likeness (QED) is 0.636. The minimum Gasteiger partial charge on any atom is -0.360 e. The normalized spacial score (nSPS) is 10.9. The lowest BCUT2D eigenvalue weighted by Gasteiger charge is -1.96. The van der Waals surface area contributed by atoms with Gasteiger partial charge in [-0.05, 0) is 45.7 Å². The summed E-state index contributed by atoms with van der Waals surface area (Å²) in [5.41, 5.74) is 1.92. The van der Waals surface area contributed by atoms with Gasteiger partial charge < -0.3 is 9.05 Å². The van der Waals surface area contributed by atoms with E-state index in [1.165, 1.54) is 0 Å². The zero-order valence-corrected chi connectivity index (χ0v) is 15.8. The van der Waals surface area contributed by atoms with Gasteiger partial charge in [-0.15, -0.1) is 0 Å². The van der Waals surface area contributed by atoms with E-state index < -0.39 is 0 Å². The molecule has 2 rings (SSSR count). The molecule has 6 heteroatoms. The molecule has 0 aliphatic heterocycles. The van der Waals surface area contributed by atoms with Crippen LogP contribution in [-0.4, -0.2) is 10.3 Å². The summed E-state index contributed by atoms with van der Waals surface area (Å²) >= 11 is 6.79. The summed E-state index contributed by atoms with van der Waals surface area (Å²) in [6.45, 7) is 12.1. The fourth-order valence-electron chi connectivity index (χ4n) is 1.47. The lowest BCUT2D eigenvalue weighted by molar-refractivity contribution is 0.367. The smallest absolute Gasteiger partial charge is 0.153 e. The molecule has 0 amide bonds. The molecule has 0 aliphatic rings. The summed E-state index contributed by atoms with van der Waals surface area (Å²) in [5.74, 6) is 2.60. The van der Waals surface area contributed by atoms with Crippen LogP contribution in [0.5, 0.6) is 0 Å². The maximum absolute atomic E-state index is 5.06. The number of rotatable bonds is 2. The van der Waals surface area contributed by atoms with E-state index in [1.54, 1.807) is 0 Å². The molecule has 0 spiro atoms. The van der Waals surface area contributed by atoms with Gasteiger partial charge in [0.05, 0.1) is 14.6 Å². The highest BCUT2D eigenvalue weighted by Gasteiger charge is 2.12. The second-order valence-electron chi connectivity index (χ2n) is 5.19. The van der Waals surface area contributed by atoms with Gasteiger partial charge in [-0.2, -0.15) is 0 Å². The highest BCUT2D eigenvalue weighted by Crippen LogP contribution is 2.27. The van der Waals surface area contributed by atoms with Crippen molar-refractivity contribution in [3.8, 4) is 0 Å². The molecule has 2 aromatic rings. The predicted octanol–water partition coefficient (Wildman–Crippen LogP) is 5.74. The van der Waals surface area contributed by atoms with E-state index in [0.717, 1.165) is 31.9 Å². The molecule has 112 valence electrons. The monoisotopic (exact) mass is 406 g/mol. The molecule has 0 unspecified atom stereocenters. The van der Waals surface area contributed by atoms with Crippen LogP contribution >= 0.6 is 31.9 Å². The summed E-state index contributed by atoms with van der Waals surface area (Å²) in [5, 5.41) is 7.71. The Morgan fingerprint density at radius 1 is 0.850 bits per heavy atom. The van der Waals surface area contributed by atoms with Crippen molar-refractivity contribution in [1.82, 2.24) is 10.3 Å². The predicted molar refractivity (Wildman–Crippen MR) is 86.1 cm³/mol. The van der Waals surface area contributed by atoms with Gasteiger partial charge in [-0.25, -0.2) is 0 Å². The maximum Gasteiger partial charge on any atom is 0.153 e. The third kappa shape index (κ3) is 4.19. The first-order chi connectivity index (χ1) is 9.25. The summed E-state index contributed by atoms with van der Waals surface area (Å²) in [6.07, 6.45) is 0. The summed E-state index contributed by atoms with van der Waals surface area (Å²) in [7, 11) is 0. The summed E-state index contributed by atoms with van der Waals surface area (Å²) < 4.78 is 12.0. The van der Waals surface area contributed by atoms with Crippen LogP contribution in [0.3, 0.4) is 0 Å². The Bertz CT molecular complexity index is 509. The molecule has 0 aromatic carbocycles. The van der Waals surface area contributed by atoms with Gasteiger partial charge in [0.15, 0.2) is 5.76 Å². The van der Waals surface area contributed by atoms with Crippen molar-refractivity contribution in [3.05, 3.63) is 31.9 Å². The molecule has 0 N–H and O–H groups in total. The van der Waals surface area contributed by atoms with Gasteiger partial charge in [0.2, 0.25) is 0 Å². The zero-order chi connectivity index (χ0) is 15.4. The van der Waals surface area contributed by atoms with Crippen LogP contribution < -0.4 is 0 Å². The molecule has 0 saturated heterocycles. The molecule has 0 fully saturated rings. The van der Waals surface area contributed by atoms with Gasteiger partial charge in [0.25, 0.3) is 0 Å². The lowest BCUT2D eigenvalue weighted by Crippen LogP contribution is -1.86. The molecule has 2 aromatic heterocycles. The molecule has 20 heavy (non-hydrogen) atoms. The molecule has 0 atom stereocenters. The second-order valence-corrected chi connectivity index (χ2v) is 6.78. The molecule has 0 saturated carbocycles. The van der Waals surface area contributed by atoms with Crippen molar-refractivity contribution in [3.63, 3.8) is 0 Å². The fraction of sp³-hybridized carbons (Fsp3) is 0.571. The zero-order valence-electron chi connectivity index (χ0n) is 12.6. The van der Waals surface area contributed by atoms with Gasteiger partial charge in [-0.1, -0.05) is 38.0 Å². The van der Waals surface area contributed by atoms with Crippen molar-refractivity contribution in [2.75, 3.05) is 0 Å². The van der Waals surface area contributed by atoms with E-state index in [4.69, 9.17) is 9.05 Å². The summed E-state index contributed by atoms with van der Waals surface area (Å²) in [6, 6.07) is 0. The Morgan fingerprint density at radius 3 is 1.65 bits per heavy atom. The topological polar surface area (TPSA) is 52.1 Å². The Morgan fingerprint density at radius 2 is 1.45 bits per heavy atom. The Balaban J connectivity index is 0.000000200. The maximum atomic E-state index is 5.06. The van der Waals surface area contributed by atoms with Crippen LogP contribution in [0.2, 0.25) is 0 Å². The van der Waals surface area contributed by atoms with E-state index in [1.807, 2.05) is 13.8 Å². The van der Waals surface area contributed by atoms with Crippen molar-refractivity contribution in [2.24, 2.45) is 0 Å². The van der Waals surface area contributed by atoms with Crippen LogP contribution in [0.25, 0.3) is 0 Å². The van der Waals surface area contributed by atoms with Crippen LogP contribution in [0.15, 0.2) is 18.0 Å². The Labute approximate surface area is 136 Å². The third-order valence-corrected chi connectivity index (χ3v) is 4.63. The largest absolute Gasteiger partial charge is 0.360 e. The SMILES string of the molecule is Cc1noc(C(C)C)c1Br.Cc1onc(C(C)C)c1Br. The van der Waals surface area contributed by atoms with Crippen LogP contribution in [-0.2, 0) is 0 Å². The van der Waals surface area contributed by atoms with Crippen molar-refractivity contribution in [2.45, 2.75) is 53.4 Å². The Kier molecular flexibility index (Phi) is 6.45. The molecular formula is C14H20Br2N2O2. The molecule has 0 aliphatic carbocycles. The number of aryl methyl sites for hydroxylation is 2. The first-order valence-electron chi connectivity index (χ1n) is 6.49. The van der Waals surface area contributed by atoms with E-state index >= 15 is 0 Å². The van der Waals surface area contributed by atoms with Crippen molar-refractivity contribution >= 4 is 31.9 Å². The standard InChI is InChI=1S/2C7H10BrNO/c1-4(2)7-6(8)5(3)10-9-7;1-4(2)7-6(8)5(3)9-10-7/h2*4H,1-3H3. The molecule has 2 heterocycles. The van der Waals surface area contributed by atoms with E-state index in [9.17, 15) is 0 Å². The third-order valence-electron chi connectivity index (χ3n) is 2.70. The Hall–Kier alpha value is -0.620. The average molecular weight is 408 g/mol. The van der Waals surface area contributed by atoms with Crippen LogP contribution in [0.4, 0.5) is 0 Å². The molecule has 0 bridgehead atoms. The average Bonchev–Trinajstić information content (AvgIpc) is 2.86. The van der Waals surface area contributed by atoms with Crippen LogP contribution in [0.1, 0.15) is 62.4 Å². The molecule has 4 nitrogen and oxygen atoms in total. The van der Waals surface area contributed by atoms with E-state index in [-0.39, 0.29) is 0 Å². The van der Waals surface area contributed by atoms with Gasteiger partial charge in [0, 0.05) is 11.8 Å². The number of hydrogen-bond acceptors (Lipinski definition) is 4. The van der Waals surface area contributed by atoms with E-state index in [2.05, 4.69) is 69.9 Å². The first-order valence-corrected chi connectivity index (χ1v) is 8.07. The van der Waals surface area contributed by atoms with Gasteiger partial charge in [0.1, 0.15) is 11.5 Å². The molecule has 0 radical (unpaired) electrons. The lowest BCUT2D eigenvalue weighted by atomic mass is 10.1. The van der Waals surface area contributed by atoms with Gasteiger partial charge >= 0.3 is 0 Å². The summed E-state index contributed by atoms with van der Waals surface area (Å²) in [4.78, 5) is 0. The molecular weight excluding hydrogens is 388 g/mol. The highest BCUT2D eigenvalue weighted by molar-refractivity contribution is 9.10. The number of halogens is 2. The fourth-order valence-corrected chi connectivity index (χ4v) is 2.68. The second kappa shape index (κ2) is 7.41. The van der Waals surface area contributed by atoms with E-state index in [0.29, 0.717) is 11.8 Å². The number of hydrogen-bond donors (Lipinski definition) is 0. The van der Waals surface area contributed by atoms with Gasteiger partial charge in [-0.3, -0.25) is 0 Å². The first kappa shape index (κ1) is 17.4. The van der Waals surface area contributed by atoms with Crippen LogP contribution in [0, 0.1) is 13.8 Å². The number of aromatic nitrogens is 2. The minimum absolute atomic E-state index is 0.399. The number of nitrogens with zero attached hydrogens (tertiary/aromatic N) is 2. The highest BCUT2D eigenvalue weighted by atomic mass is 79.9. The minimum atomic E-state index is 0.399.